The van der Waals surface area contributed by atoms with Crippen molar-refractivity contribution in [3.63, 3.8) is 0 Å². The molecule has 9 aliphatic rings. The van der Waals surface area contributed by atoms with Crippen molar-refractivity contribution in [1.82, 2.24) is 30.7 Å². The number of ether oxygens (including phenoxy) is 5. The van der Waals surface area contributed by atoms with Crippen LogP contribution in [0, 0.1) is 5.92 Å². The molecule has 9 atom stereocenters. The fourth-order valence-electron chi connectivity index (χ4n) is 16.3. The van der Waals surface area contributed by atoms with E-state index in [9.17, 15) is 29.7 Å². The van der Waals surface area contributed by atoms with Gasteiger partial charge in [-0.2, -0.15) is 0 Å². The lowest BCUT2D eigenvalue weighted by Crippen LogP contribution is -2.77. The molecule has 17 heteroatoms. The first-order valence-electron chi connectivity index (χ1n) is 29.0. The average molecular weight is 1080 g/mol. The monoisotopic (exact) mass is 1080 g/mol. The van der Waals surface area contributed by atoms with E-state index in [0.29, 0.717) is 82.1 Å². The highest BCUT2D eigenvalue weighted by Gasteiger charge is 2.74. The highest BCUT2D eigenvalue weighted by atomic mass is 16.5. The summed E-state index contributed by atoms with van der Waals surface area (Å²) in [5.41, 5.74) is 4.74. The van der Waals surface area contributed by atoms with Gasteiger partial charge in [-0.15, -0.1) is 0 Å². The van der Waals surface area contributed by atoms with Crippen molar-refractivity contribution in [2.75, 3.05) is 66.2 Å². The van der Waals surface area contributed by atoms with Gasteiger partial charge in [-0.1, -0.05) is 54.6 Å². The molecule has 4 fully saturated rings. The van der Waals surface area contributed by atoms with Crippen LogP contribution >= 0.6 is 0 Å². The molecule has 17 nitrogen and oxygen atoms in total. The molecule has 5 heterocycles. The number of fused-ring (bicyclic) bond motifs is 4. The number of hydrogen-bond acceptors (Lipinski definition) is 13. The Labute approximate surface area is 459 Å². The number of carbonyl (C=O) groups excluding carboxylic acids is 3. The van der Waals surface area contributed by atoms with Crippen LogP contribution < -0.4 is 34.9 Å². The molecular formula is C62H72N6O11. The minimum Gasteiger partial charge on any atom is -0.504 e. The van der Waals surface area contributed by atoms with Crippen molar-refractivity contribution < 1.29 is 53.4 Å². The van der Waals surface area contributed by atoms with Gasteiger partial charge in [0.15, 0.2) is 35.7 Å². The summed E-state index contributed by atoms with van der Waals surface area (Å²) in [7, 11) is 2.05. The lowest BCUT2D eigenvalue weighted by atomic mass is 9.48. The van der Waals surface area contributed by atoms with Gasteiger partial charge in [-0.25, -0.2) is 0 Å². The number of para-hydroxylation sites is 1. The molecule has 2 saturated heterocycles. The van der Waals surface area contributed by atoms with E-state index < -0.39 is 40.3 Å². The van der Waals surface area contributed by atoms with Gasteiger partial charge in [0.05, 0.1) is 45.9 Å². The molecule has 2 unspecified atom stereocenters. The van der Waals surface area contributed by atoms with Crippen LogP contribution in [0.5, 0.6) is 28.7 Å². The van der Waals surface area contributed by atoms with Gasteiger partial charge in [0.25, 0.3) is 5.91 Å². The largest absolute Gasteiger partial charge is 0.504 e. The first kappa shape index (κ1) is 50.8. The van der Waals surface area contributed by atoms with Gasteiger partial charge in [0.1, 0.15) is 25.1 Å². The maximum absolute atomic E-state index is 13.5. The number of rotatable bonds is 20. The summed E-state index contributed by atoms with van der Waals surface area (Å²) in [6.45, 7) is 3.30. The van der Waals surface area contributed by atoms with Crippen molar-refractivity contribution >= 4 is 28.6 Å². The predicted molar refractivity (Wildman–Crippen MR) is 292 cm³/mol. The van der Waals surface area contributed by atoms with E-state index in [0.717, 1.165) is 95.7 Å². The van der Waals surface area contributed by atoms with E-state index in [1.807, 2.05) is 43.4 Å². The summed E-state index contributed by atoms with van der Waals surface area (Å²) in [5.74, 6) is 2.25. The fraction of sp³-hybridized carbons (Fsp3) is 0.532. The first-order valence-corrected chi connectivity index (χ1v) is 29.0. The van der Waals surface area contributed by atoms with E-state index in [1.54, 1.807) is 6.07 Å². The van der Waals surface area contributed by atoms with Gasteiger partial charge < -0.3 is 64.8 Å². The second-order valence-electron chi connectivity index (χ2n) is 24.3. The predicted octanol–water partition coefficient (Wildman–Crippen LogP) is 4.96. The van der Waals surface area contributed by atoms with E-state index in [1.165, 1.54) is 24.0 Å². The Kier molecular flexibility index (Phi) is 12.5. The van der Waals surface area contributed by atoms with Crippen LogP contribution in [-0.4, -0.2) is 149 Å². The Morgan fingerprint density at radius 3 is 2.29 bits per heavy atom. The number of hydrogen-bond donors (Lipinski definition) is 7. The molecule has 14 rings (SSSR count). The van der Waals surface area contributed by atoms with Gasteiger partial charge >= 0.3 is 0 Å². The number of aromatic nitrogens is 1. The maximum Gasteiger partial charge on any atom is 0.257 e. The molecule has 5 aliphatic carbocycles. The minimum absolute atomic E-state index is 0.0451. The lowest BCUT2D eigenvalue weighted by molar-refractivity contribution is -0.187. The normalized spacial score (nSPS) is 30.1. The molecule has 4 bridgehead atoms. The van der Waals surface area contributed by atoms with Crippen molar-refractivity contribution in [1.29, 1.82) is 0 Å². The number of piperidine rings is 2. The molecule has 4 aromatic carbocycles. The molecule has 416 valence electrons. The number of likely N-dealkylation sites (tertiary alicyclic amines) is 2. The zero-order valence-electron chi connectivity index (χ0n) is 45.0. The molecule has 0 radical (unpaired) electrons. The van der Waals surface area contributed by atoms with E-state index in [-0.39, 0.29) is 55.4 Å². The van der Waals surface area contributed by atoms with Gasteiger partial charge in [-0.05, 0) is 137 Å². The number of nitrogens with one attached hydrogen (secondary N) is 4. The number of aromatic hydroxyl groups is 1. The topological polar surface area (TPSA) is 216 Å². The van der Waals surface area contributed by atoms with Crippen molar-refractivity contribution in [2.45, 2.75) is 136 Å². The number of amides is 3. The summed E-state index contributed by atoms with van der Waals surface area (Å²) in [5, 5.41) is 46.6. The summed E-state index contributed by atoms with van der Waals surface area (Å²) in [4.78, 5) is 47.6. The molecule has 79 heavy (non-hydrogen) atoms. The highest BCUT2D eigenvalue weighted by Crippen LogP contribution is 2.70. The third-order valence-corrected chi connectivity index (χ3v) is 20.0. The zero-order valence-corrected chi connectivity index (χ0v) is 45.0. The number of unbranched alkanes of at least 4 members (excludes halogenated alkanes) is 2. The molecule has 2 saturated carbocycles. The molecule has 4 aliphatic heterocycles. The van der Waals surface area contributed by atoms with Crippen molar-refractivity contribution in [3.8, 4) is 28.7 Å². The Bertz CT molecular complexity index is 3240. The number of nitrogens with zero attached hydrogens (tertiary/aromatic N) is 2. The summed E-state index contributed by atoms with van der Waals surface area (Å²) in [6.07, 6.45) is 8.73. The Balaban J connectivity index is 0.551. The molecule has 3 amide bonds. The number of aliphatic hydroxyl groups is 2. The standard InChI is InChI=1S/C62H72N6O11/c1-67-26-22-59-51-38-15-17-43(69)55(51)78-57(59)42(19-21-61(59,73)46(67)29-38)65-50(72)34-75-33-48(70)63-24-6-3-7-25-64-49(71)35-77-44-12-8-11-40-41-31-62(74)47-30-39-16-18-45(76-28-20-36-9-4-2-5-10-36)56-52(39)60(62,23-27-68(47)32-37-13-14-37)58(79-56)54(41)66-53(40)44/h2,4-5,8-12,15-18,37,42,46-47,57-58,66,69,73-74H,3,6-7,13-14,19-35H2,1H3,(H,63,70)(H,64,71)(H,65,72)/t42-,46?,47?,57-,58-,59-,60-,61+,62+/m0/s1. The molecule has 2 spiro atoms. The number of phenolic OH excluding ortho intramolecular Hbond substituents is 1. The number of likely N-dealkylation sites (N-methyl/N-ethyl adjacent to an activating group) is 1. The fourth-order valence-corrected chi connectivity index (χ4v) is 16.3. The summed E-state index contributed by atoms with van der Waals surface area (Å²) in [6, 6.07) is 23.6. The molecule has 7 N–H and O–H groups in total. The Morgan fingerprint density at radius 2 is 1.48 bits per heavy atom. The number of carbonyl (C=O) groups is 3. The van der Waals surface area contributed by atoms with E-state index >= 15 is 0 Å². The van der Waals surface area contributed by atoms with Crippen LogP contribution in [0.3, 0.4) is 0 Å². The third-order valence-electron chi connectivity index (χ3n) is 20.0. The molecular weight excluding hydrogens is 1000 g/mol. The smallest absolute Gasteiger partial charge is 0.257 e. The Hall–Kier alpha value is -6.37. The summed E-state index contributed by atoms with van der Waals surface area (Å²) < 4.78 is 32.0. The Morgan fingerprint density at radius 1 is 0.734 bits per heavy atom. The zero-order chi connectivity index (χ0) is 53.8. The average Bonchev–Trinajstić information content (AvgIpc) is 1.78. The number of phenols is 1. The van der Waals surface area contributed by atoms with Crippen LogP contribution in [0.25, 0.3) is 10.9 Å². The van der Waals surface area contributed by atoms with Crippen molar-refractivity contribution in [3.05, 3.63) is 112 Å². The minimum atomic E-state index is -1.08. The van der Waals surface area contributed by atoms with E-state index in [2.05, 4.69) is 61.1 Å². The number of aromatic amines is 1. The SMILES string of the molecule is CN1CC[C@]23c4c5ccc(O)c4O[C@H]2[C@@H](NC(=O)COCC(=O)NCCCCCNC(=O)COc2cccc4c6c([nH]c24)[C@@H]2Oc4c(OCCc7ccccc7)ccc7c4[C@@]24CCN(CC2CC2)C(C7)[C@]4(O)C6)CC[C@@]3(O)C1C5. The van der Waals surface area contributed by atoms with Crippen LogP contribution in [0.4, 0.5) is 0 Å². The van der Waals surface area contributed by atoms with Gasteiger partial charge in [0.2, 0.25) is 11.8 Å². The van der Waals surface area contributed by atoms with Crippen LogP contribution in [0.2, 0.25) is 0 Å². The second kappa shape index (κ2) is 19.4. The summed E-state index contributed by atoms with van der Waals surface area (Å²) >= 11 is 0. The quantitative estimate of drug-likeness (QED) is 0.0514. The number of H-pyrrole nitrogens is 1. The van der Waals surface area contributed by atoms with Crippen molar-refractivity contribution in [2.24, 2.45) is 5.92 Å². The van der Waals surface area contributed by atoms with Gasteiger partial charge in [-0.3, -0.25) is 19.3 Å². The first-order chi connectivity index (χ1) is 38.4. The highest BCUT2D eigenvalue weighted by molar-refractivity contribution is 5.91. The second-order valence-corrected chi connectivity index (χ2v) is 24.3. The number of benzene rings is 4. The van der Waals surface area contributed by atoms with Gasteiger partial charge in [0, 0.05) is 61.1 Å². The maximum atomic E-state index is 13.5. The molecule has 5 aromatic rings. The third kappa shape index (κ3) is 7.98. The van der Waals surface area contributed by atoms with E-state index in [4.69, 9.17) is 23.7 Å². The van der Waals surface area contributed by atoms with Crippen LogP contribution in [0.1, 0.15) is 103 Å². The lowest BCUT2D eigenvalue weighted by Gasteiger charge is -2.63. The molecule has 1 aromatic heterocycles. The van der Waals surface area contributed by atoms with Crippen LogP contribution in [-0.2, 0) is 55.6 Å². The van der Waals surface area contributed by atoms with Crippen LogP contribution in [0.15, 0.2) is 72.8 Å².